The molecule has 1 unspecified atom stereocenters. The van der Waals surface area contributed by atoms with Crippen LogP contribution in [0.1, 0.15) is 11.1 Å². The van der Waals surface area contributed by atoms with Crippen LogP contribution in [0.5, 0.6) is 0 Å². The third kappa shape index (κ3) is 6.06. The predicted octanol–water partition coefficient (Wildman–Crippen LogP) is 5.59. The molecular weight excluding hydrogens is 492 g/mol. The third-order valence-electron chi connectivity index (χ3n) is 4.15. The summed E-state index contributed by atoms with van der Waals surface area (Å²) < 4.78 is 102. The Labute approximate surface area is 189 Å². The van der Waals surface area contributed by atoms with Gasteiger partial charge in [-0.1, -0.05) is 41.7 Å². The molecule has 2 N–H and O–H groups in total. The van der Waals surface area contributed by atoms with Gasteiger partial charge in [-0.05, 0) is 40.9 Å². The second kappa shape index (κ2) is 9.45. The molecule has 1 atom stereocenters. The Morgan fingerprint density at radius 2 is 1.79 bits per heavy atom. The lowest BCUT2D eigenvalue weighted by molar-refractivity contribution is -0.137. The number of hydrogen-bond donors (Lipinski definition) is 1. The van der Waals surface area contributed by atoms with Gasteiger partial charge in [-0.3, -0.25) is 4.21 Å². The summed E-state index contributed by atoms with van der Waals surface area (Å²) in [6, 6.07) is 9.73. The molecule has 2 aromatic carbocycles. The summed E-state index contributed by atoms with van der Waals surface area (Å²) in [6.45, 7) is 0. The summed E-state index contributed by atoms with van der Waals surface area (Å²) in [7, 11) is 0. The molecule has 33 heavy (non-hydrogen) atoms. The minimum absolute atomic E-state index is 0.00775. The highest BCUT2D eigenvalue weighted by molar-refractivity contribution is 7.79. The zero-order valence-corrected chi connectivity index (χ0v) is 17.8. The monoisotopic (exact) mass is 504 g/mol. The van der Waals surface area contributed by atoms with E-state index in [-0.39, 0.29) is 10.0 Å². The van der Waals surface area contributed by atoms with Gasteiger partial charge in [-0.25, -0.2) is 9.98 Å². The molecule has 1 aromatic heterocycles. The van der Waals surface area contributed by atoms with Gasteiger partial charge in [-0.15, -0.1) is 0 Å². The van der Waals surface area contributed by atoms with E-state index < -0.39 is 46.0 Å². The number of aliphatic imine (C=N–C) groups is 1. The van der Waals surface area contributed by atoms with Gasteiger partial charge in [0, 0.05) is 16.7 Å². The van der Waals surface area contributed by atoms with Crippen molar-refractivity contribution in [2.24, 2.45) is 10.7 Å². The second-order valence-corrected chi connectivity index (χ2v) is 8.36. The van der Waals surface area contributed by atoms with Crippen molar-refractivity contribution in [1.29, 1.82) is 0 Å². The van der Waals surface area contributed by atoms with Crippen LogP contribution in [-0.4, -0.2) is 25.6 Å². The molecule has 13 heteroatoms. The average Bonchev–Trinajstić information content (AvgIpc) is 3.20. The number of alkyl halides is 6. The van der Waals surface area contributed by atoms with E-state index in [1.54, 1.807) is 6.07 Å². The number of benzene rings is 2. The van der Waals surface area contributed by atoms with Crippen molar-refractivity contribution in [2.45, 2.75) is 17.2 Å². The fraction of sp³-hybridized carbons (Fsp3) is 0.100. The zero-order valence-electron chi connectivity index (χ0n) is 16.1. The molecule has 0 radical (unpaired) electrons. The van der Waals surface area contributed by atoms with Gasteiger partial charge in [0.05, 0.1) is 16.2 Å². The Hall–Kier alpha value is -3.03. The maximum atomic E-state index is 13.5. The van der Waals surface area contributed by atoms with Crippen LogP contribution in [-0.2, 0) is 17.3 Å². The van der Waals surface area contributed by atoms with E-state index in [9.17, 15) is 35.1 Å². The molecule has 0 spiro atoms. The summed E-state index contributed by atoms with van der Waals surface area (Å²) in [5.41, 5.74) is 1.34. The number of hydrogen-bond acceptors (Lipinski definition) is 6. The summed E-state index contributed by atoms with van der Waals surface area (Å²) >= 11 is -1.65. The summed E-state index contributed by atoms with van der Waals surface area (Å²) in [5.74, 6) is 0. The van der Waals surface area contributed by atoms with Crippen LogP contribution < -0.4 is 5.73 Å². The van der Waals surface area contributed by atoms with E-state index >= 15 is 0 Å². The van der Waals surface area contributed by atoms with E-state index in [1.165, 1.54) is 30.5 Å². The van der Waals surface area contributed by atoms with Crippen LogP contribution in [0.15, 0.2) is 76.4 Å². The molecule has 0 fully saturated rings. The third-order valence-corrected chi connectivity index (χ3v) is 5.73. The molecule has 5 nitrogen and oxygen atoms in total. The first-order valence-electron chi connectivity index (χ1n) is 8.81. The number of halogens is 6. The SMILES string of the molecule is N/C(=C\C(=N\c1ncc(-c2cccc(S(=O)[O-])c2)s1)c1ccccc1C(F)(F)F)C(F)(F)F. The first-order chi connectivity index (χ1) is 15.4. The quantitative estimate of drug-likeness (QED) is 0.279. The van der Waals surface area contributed by atoms with Crippen LogP contribution in [0.3, 0.4) is 0 Å². The largest absolute Gasteiger partial charge is 0.768 e. The molecule has 3 aromatic rings. The van der Waals surface area contributed by atoms with Crippen molar-refractivity contribution < 1.29 is 35.1 Å². The molecule has 0 bridgehead atoms. The van der Waals surface area contributed by atoms with E-state index in [2.05, 4.69) is 9.98 Å². The van der Waals surface area contributed by atoms with Gasteiger partial charge in [-0.2, -0.15) is 26.3 Å². The molecular formula is C20H12F6N3O2S2-. The number of aromatic nitrogens is 1. The van der Waals surface area contributed by atoms with E-state index in [0.29, 0.717) is 22.6 Å². The highest BCUT2D eigenvalue weighted by atomic mass is 32.2. The van der Waals surface area contributed by atoms with E-state index in [0.717, 1.165) is 23.5 Å². The number of thiazole rings is 1. The highest BCUT2D eigenvalue weighted by Crippen LogP contribution is 2.35. The number of allylic oxidation sites excluding steroid dienone is 2. The number of nitrogens with zero attached hydrogens (tertiary/aromatic N) is 2. The van der Waals surface area contributed by atoms with Crippen LogP contribution in [0, 0.1) is 0 Å². The van der Waals surface area contributed by atoms with Crippen LogP contribution in [0.2, 0.25) is 0 Å². The fourth-order valence-electron chi connectivity index (χ4n) is 2.66. The van der Waals surface area contributed by atoms with Crippen molar-refractivity contribution >= 4 is 33.3 Å². The Bertz CT molecular complexity index is 1250. The first-order valence-corrected chi connectivity index (χ1v) is 10.7. The molecule has 0 aliphatic rings. The Morgan fingerprint density at radius 3 is 2.42 bits per heavy atom. The van der Waals surface area contributed by atoms with Gasteiger partial charge in [0.2, 0.25) is 5.13 Å². The lowest BCUT2D eigenvalue weighted by Gasteiger charge is -2.13. The maximum Gasteiger partial charge on any atom is 0.430 e. The fourth-order valence-corrected chi connectivity index (χ4v) is 3.87. The van der Waals surface area contributed by atoms with Crippen LogP contribution >= 0.6 is 11.3 Å². The molecule has 1 heterocycles. The number of nitrogens with two attached hydrogens (primary N) is 1. The number of rotatable bonds is 5. The van der Waals surface area contributed by atoms with Gasteiger partial charge >= 0.3 is 12.4 Å². The predicted molar refractivity (Wildman–Crippen MR) is 111 cm³/mol. The summed E-state index contributed by atoms with van der Waals surface area (Å²) in [4.78, 5) is 8.24. The second-order valence-electron chi connectivity index (χ2n) is 6.41. The van der Waals surface area contributed by atoms with Gasteiger partial charge in [0.25, 0.3) is 0 Å². The highest BCUT2D eigenvalue weighted by Gasteiger charge is 2.36. The zero-order chi connectivity index (χ0) is 24.4. The molecule has 0 aliphatic carbocycles. The smallest absolute Gasteiger partial charge is 0.430 e. The summed E-state index contributed by atoms with van der Waals surface area (Å²) in [6.07, 6.45) is -8.26. The van der Waals surface area contributed by atoms with Gasteiger partial charge in [0.1, 0.15) is 5.70 Å². The van der Waals surface area contributed by atoms with Crippen LogP contribution in [0.4, 0.5) is 31.5 Å². The van der Waals surface area contributed by atoms with Gasteiger partial charge < -0.3 is 10.3 Å². The standard InChI is InChI=1S/C20H13F6N3O2S2/c21-19(22,23)14-7-2-1-6-13(14)15(9-17(27)20(24,25)26)29-18-28-10-16(32-18)11-4-3-5-12(8-11)33(30)31/h1-10H,27H2,(H,30,31)/p-1/b17-9-,29-15-. The molecule has 0 saturated heterocycles. The van der Waals surface area contributed by atoms with Crippen molar-refractivity contribution in [2.75, 3.05) is 0 Å². The molecule has 0 saturated carbocycles. The van der Waals surface area contributed by atoms with E-state index in [4.69, 9.17) is 5.73 Å². The van der Waals surface area contributed by atoms with Crippen molar-refractivity contribution in [3.63, 3.8) is 0 Å². The lowest BCUT2D eigenvalue weighted by atomic mass is 10.0. The topological polar surface area (TPSA) is 91.4 Å². The minimum Gasteiger partial charge on any atom is -0.768 e. The van der Waals surface area contributed by atoms with Crippen molar-refractivity contribution in [3.8, 4) is 10.4 Å². The van der Waals surface area contributed by atoms with Crippen molar-refractivity contribution in [1.82, 2.24) is 4.98 Å². The minimum atomic E-state index is -4.99. The average molecular weight is 504 g/mol. The Morgan fingerprint density at radius 1 is 1.09 bits per heavy atom. The first kappa shape index (κ1) is 24.6. The van der Waals surface area contributed by atoms with Crippen LogP contribution in [0.25, 0.3) is 10.4 Å². The Balaban J connectivity index is 2.13. The normalized spacial score (nSPS) is 14.4. The molecule has 174 valence electrons. The molecule has 3 rings (SSSR count). The maximum absolute atomic E-state index is 13.5. The lowest BCUT2D eigenvalue weighted by Crippen LogP contribution is -2.21. The van der Waals surface area contributed by atoms with Gasteiger partial charge in [0.15, 0.2) is 0 Å². The Kier molecular flexibility index (Phi) is 7.05. The summed E-state index contributed by atoms with van der Waals surface area (Å²) in [5, 5.41) is -0.156. The molecule has 0 amide bonds. The van der Waals surface area contributed by atoms with E-state index in [1.807, 2.05) is 0 Å². The van der Waals surface area contributed by atoms with Crippen molar-refractivity contribution in [3.05, 3.63) is 77.6 Å². The molecule has 0 aliphatic heterocycles.